The molecule has 0 aromatic heterocycles. The van der Waals surface area contributed by atoms with Gasteiger partial charge >= 0.3 is 5.97 Å². The van der Waals surface area contributed by atoms with Crippen molar-refractivity contribution in [2.75, 3.05) is 6.61 Å². The van der Waals surface area contributed by atoms with Crippen LogP contribution in [-0.4, -0.2) is 29.4 Å². The molecule has 0 bridgehead atoms. The molecule has 1 aliphatic heterocycles. The molecule has 0 saturated heterocycles. The third-order valence-corrected chi connectivity index (χ3v) is 6.25. The summed E-state index contributed by atoms with van der Waals surface area (Å²) in [6, 6.07) is 13.6. The van der Waals surface area contributed by atoms with Gasteiger partial charge in [0, 0.05) is 17.2 Å². The Morgan fingerprint density at radius 3 is 2.69 bits per heavy atom. The molecule has 0 amide bonds. The van der Waals surface area contributed by atoms with E-state index in [0.29, 0.717) is 23.6 Å². The summed E-state index contributed by atoms with van der Waals surface area (Å²) in [5, 5.41) is 11.7. The van der Waals surface area contributed by atoms with Crippen molar-refractivity contribution in [3.63, 3.8) is 0 Å². The lowest BCUT2D eigenvalue weighted by Crippen LogP contribution is -2.48. The maximum absolute atomic E-state index is 12.9. The smallest absolute Gasteiger partial charge is 0.343 e. The minimum Gasteiger partial charge on any atom is -0.507 e. The van der Waals surface area contributed by atoms with Crippen LogP contribution in [-0.2, 0) is 14.3 Å². The van der Waals surface area contributed by atoms with Gasteiger partial charge in [-0.15, -0.1) is 0 Å². The summed E-state index contributed by atoms with van der Waals surface area (Å²) in [6.07, 6.45) is 2.85. The molecule has 29 heavy (non-hydrogen) atoms. The van der Waals surface area contributed by atoms with E-state index in [0.717, 1.165) is 36.0 Å². The van der Waals surface area contributed by atoms with E-state index >= 15 is 0 Å². The summed E-state index contributed by atoms with van der Waals surface area (Å²) in [5.74, 6) is -0.534. The highest BCUT2D eigenvalue weighted by Crippen LogP contribution is 2.47. The topological polar surface area (TPSA) is 55.8 Å². The number of aliphatic hydroxyl groups is 1. The molecular weight excluding hydrogens is 388 g/mol. The van der Waals surface area contributed by atoms with Crippen LogP contribution in [0.25, 0.3) is 16.7 Å². The number of halogens is 1. The fraction of sp³-hybridized carbons (Fsp3) is 0.375. The zero-order chi connectivity index (χ0) is 20.6. The molecule has 2 aromatic carbocycles. The Labute approximate surface area is 176 Å². The number of aliphatic hydroxyl groups excluding tert-OH is 1. The second-order valence-corrected chi connectivity index (χ2v) is 8.11. The summed E-state index contributed by atoms with van der Waals surface area (Å²) in [7, 11) is 0. The Morgan fingerprint density at radius 1 is 1.21 bits per heavy atom. The van der Waals surface area contributed by atoms with E-state index in [-0.39, 0.29) is 17.4 Å². The Kier molecular flexibility index (Phi) is 5.41. The van der Waals surface area contributed by atoms with E-state index in [1.54, 1.807) is 6.07 Å². The summed E-state index contributed by atoms with van der Waals surface area (Å²) in [4.78, 5) is 12.9. The van der Waals surface area contributed by atoms with Crippen molar-refractivity contribution in [1.82, 2.24) is 0 Å². The van der Waals surface area contributed by atoms with Gasteiger partial charge in [-0.3, -0.25) is 0 Å². The molecule has 152 valence electrons. The maximum atomic E-state index is 12.9. The highest BCUT2D eigenvalue weighted by atomic mass is 35.5. The molecule has 1 aliphatic carbocycles. The van der Waals surface area contributed by atoms with Crippen molar-refractivity contribution in [2.24, 2.45) is 0 Å². The number of hydrogen-bond acceptors (Lipinski definition) is 4. The molecule has 2 unspecified atom stereocenters. The normalized spacial score (nSPS) is 24.2. The maximum Gasteiger partial charge on any atom is 0.343 e. The van der Waals surface area contributed by atoms with Crippen LogP contribution in [0.2, 0.25) is 5.02 Å². The van der Waals surface area contributed by atoms with Crippen LogP contribution < -0.4 is 0 Å². The van der Waals surface area contributed by atoms with Gasteiger partial charge in [-0.25, -0.2) is 4.79 Å². The van der Waals surface area contributed by atoms with Gasteiger partial charge in [0.1, 0.15) is 11.7 Å². The molecule has 1 spiro atoms. The third-order valence-electron chi connectivity index (χ3n) is 5.94. The van der Waals surface area contributed by atoms with Crippen molar-refractivity contribution >= 4 is 23.1 Å². The van der Waals surface area contributed by atoms with E-state index in [2.05, 4.69) is 0 Å². The van der Waals surface area contributed by atoms with Crippen LogP contribution in [0.4, 0.5) is 0 Å². The predicted molar refractivity (Wildman–Crippen MR) is 114 cm³/mol. The Balaban J connectivity index is 1.80. The van der Waals surface area contributed by atoms with E-state index < -0.39 is 11.6 Å². The van der Waals surface area contributed by atoms with Gasteiger partial charge in [0.15, 0.2) is 11.4 Å². The van der Waals surface area contributed by atoms with Crippen LogP contribution in [0.1, 0.15) is 43.7 Å². The number of benzene rings is 2. The number of ether oxygens (including phenoxy) is 2. The number of carbonyl (C=O) groups excluding carboxylic acids is 1. The molecular formula is C24H25ClO4. The Hall–Kier alpha value is -2.30. The number of carbonyl (C=O) groups is 1. The predicted octanol–water partition coefficient (Wildman–Crippen LogP) is 5.86. The van der Waals surface area contributed by atoms with E-state index in [1.165, 1.54) is 0 Å². The molecule has 1 N–H and O–H groups in total. The fourth-order valence-electron chi connectivity index (χ4n) is 4.52. The first kappa shape index (κ1) is 20.0. The van der Waals surface area contributed by atoms with Gasteiger partial charge in [0.05, 0.1) is 0 Å². The van der Waals surface area contributed by atoms with Gasteiger partial charge < -0.3 is 14.6 Å². The molecule has 2 aliphatic rings. The van der Waals surface area contributed by atoms with Crippen molar-refractivity contribution in [3.8, 4) is 11.1 Å². The molecule has 2 atom stereocenters. The van der Waals surface area contributed by atoms with Gasteiger partial charge in [-0.2, -0.15) is 0 Å². The fourth-order valence-corrected chi connectivity index (χ4v) is 4.79. The molecule has 5 heteroatoms. The first-order chi connectivity index (χ1) is 14.0. The average Bonchev–Trinajstić information content (AvgIpc) is 2.96. The Morgan fingerprint density at radius 2 is 1.97 bits per heavy atom. The van der Waals surface area contributed by atoms with E-state index in [4.69, 9.17) is 21.1 Å². The molecule has 4 rings (SSSR count). The monoisotopic (exact) mass is 412 g/mol. The van der Waals surface area contributed by atoms with E-state index in [9.17, 15) is 9.90 Å². The van der Waals surface area contributed by atoms with Crippen molar-refractivity contribution in [3.05, 3.63) is 64.4 Å². The van der Waals surface area contributed by atoms with Gasteiger partial charge in [0.25, 0.3) is 0 Å². The van der Waals surface area contributed by atoms with Gasteiger partial charge in [0.2, 0.25) is 0 Å². The zero-order valence-electron chi connectivity index (χ0n) is 16.7. The largest absolute Gasteiger partial charge is 0.507 e. The number of hydrogen-bond donors (Lipinski definition) is 1. The lowest BCUT2D eigenvalue weighted by molar-refractivity contribution is -0.170. The lowest BCUT2D eigenvalue weighted by Gasteiger charge is -2.39. The second-order valence-electron chi connectivity index (χ2n) is 7.71. The Bertz CT molecular complexity index is 964. The van der Waals surface area contributed by atoms with Crippen LogP contribution in [0.15, 0.2) is 48.2 Å². The molecule has 1 saturated carbocycles. The first-order valence-electron chi connectivity index (χ1n) is 10.1. The summed E-state index contributed by atoms with van der Waals surface area (Å²) in [5.41, 5.74) is 2.47. The van der Waals surface area contributed by atoms with Crippen LogP contribution in [0, 0.1) is 6.92 Å². The second kappa shape index (κ2) is 7.85. The number of rotatable bonds is 4. The molecule has 0 radical (unpaired) electrons. The highest BCUT2D eigenvalue weighted by molar-refractivity contribution is 6.34. The van der Waals surface area contributed by atoms with Crippen LogP contribution >= 0.6 is 11.6 Å². The summed E-state index contributed by atoms with van der Waals surface area (Å²) >= 11 is 6.58. The first-order valence-corrected chi connectivity index (χ1v) is 10.5. The standard InChI is InChI=1S/C24H25ClO4/c1-3-28-20-11-7-8-12-24(20)22(26)21(23(27)29-24)17-14-19(25)18(13-15(17)2)16-9-5-4-6-10-16/h4-6,9-10,13-14,20,26H,3,7-8,11-12H2,1-2H3. The molecule has 1 fully saturated rings. The molecule has 2 aromatic rings. The third kappa shape index (κ3) is 3.34. The van der Waals surface area contributed by atoms with Crippen LogP contribution in [0.3, 0.4) is 0 Å². The van der Waals surface area contributed by atoms with Crippen LogP contribution in [0.5, 0.6) is 0 Å². The quantitative estimate of drug-likeness (QED) is 0.639. The van der Waals surface area contributed by atoms with Crippen molar-refractivity contribution in [2.45, 2.75) is 51.2 Å². The highest BCUT2D eigenvalue weighted by Gasteiger charge is 2.55. The lowest BCUT2D eigenvalue weighted by atomic mass is 9.79. The minimum atomic E-state index is -1.09. The molecule has 4 nitrogen and oxygen atoms in total. The average molecular weight is 413 g/mol. The zero-order valence-corrected chi connectivity index (χ0v) is 17.5. The van der Waals surface area contributed by atoms with Gasteiger partial charge in [-0.05, 0) is 61.9 Å². The summed E-state index contributed by atoms with van der Waals surface area (Å²) in [6.45, 7) is 4.33. The minimum absolute atomic E-state index is 0.0210. The SMILES string of the molecule is CCOC1CCCCC12OC(=O)C(c1cc(Cl)c(-c3ccccc3)cc1C)=C2O. The van der Waals surface area contributed by atoms with E-state index in [1.807, 2.05) is 50.2 Å². The van der Waals surface area contributed by atoms with Crippen molar-refractivity contribution < 1.29 is 19.4 Å². The number of esters is 1. The van der Waals surface area contributed by atoms with Gasteiger partial charge in [-0.1, -0.05) is 48.4 Å². The van der Waals surface area contributed by atoms with Crippen molar-refractivity contribution in [1.29, 1.82) is 0 Å². The summed E-state index contributed by atoms with van der Waals surface area (Å²) < 4.78 is 11.7. The number of aryl methyl sites for hydroxylation is 1. The molecule has 1 heterocycles.